The number of hydrogen-bond donors (Lipinski definition) is 2. The van der Waals surface area contributed by atoms with Crippen LogP contribution in [0.2, 0.25) is 0 Å². The standard InChI is InChI=1S/C15H24N2/c16-12-15(13-8-4-3-5-9-13)17-14-10-6-1-2-7-11-14/h3-5,8-9,14-15,17H,1-2,6-7,10-12,16H2. The molecule has 3 N–H and O–H groups in total. The molecule has 0 radical (unpaired) electrons. The van der Waals surface area contributed by atoms with Gasteiger partial charge in [0, 0.05) is 18.6 Å². The van der Waals surface area contributed by atoms with Crippen molar-refractivity contribution >= 4 is 0 Å². The summed E-state index contributed by atoms with van der Waals surface area (Å²) < 4.78 is 0. The summed E-state index contributed by atoms with van der Waals surface area (Å²) in [5, 5.41) is 3.74. The molecule has 2 nitrogen and oxygen atoms in total. The lowest BCUT2D eigenvalue weighted by molar-refractivity contribution is 0.402. The van der Waals surface area contributed by atoms with Crippen molar-refractivity contribution in [2.75, 3.05) is 6.54 Å². The van der Waals surface area contributed by atoms with Gasteiger partial charge in [0.1, 0.15) is 0 Å². The fourth-order valence-electron chi connectivity index (χ4n) is 2.72. The molecule has 1 aromatic carbocycles. The summed E-state index contributed by atoms with van der Waals surface area (Å²) in [6, 6.07) is 11.6. The number of nitrogens with two attached hydrogens (primary N) is 1. The van der Waals surface area contributed by atoms with Crippen molar-refractivity contribution in [3.63, 3.8) is 0 Å². The van der Waals surface area contributed by atoms with Gasteiger partial charge in [-0.1, -0.05) is 56.0 Å². The molecule has 0 bridgehead atoms. The quantitative estimate of drug-likeness (QED) is 0.783. The summed E-state index contributed by atoms with van der Waals surface area (Å²) in [4.78, 5) is 0. The summed E-state index contributed by atoms with van der Waals surface area (Å²) in [5.41, 5.74) is 7.22. The molecule has 17 heavy (non-hydrogen) atoms. The predicted molar refractivity (Wildman–Crippen MR) is 72.9 cm³/mol. The zero-order valence-electron chi connectivity index (χ0n) is 10.6. The van der Waals surface area contributed by atoms with E-state index < -0.39 is 0 Å². The van der Waals surface area contributed by atoms with Crippen LogP contribution in [-0.2, 0) is 0 Å². The Labute approximate surface area is 105 Å². The van der Waals surface area contributed by atoms with E-state index in [1.165, 1.54) is 44.1 Å². The zero-order chi connectivity index (χ0) is 11.9. The predicted octanol–water partition coefficient (Wildman–Crippen LogP) is 3.00. The van der Waals surface area contributed by atoms with Gasteiger partial charge in [0.25, 0.3) is 0 Å². The minimum Gasteiger partial charge on any atom is -0.329 e. The van der Waals surface area contributed by atoms with Crippen LogP contribution in [0.3, 0.4) is 0 Å². The summed E-state index contributed by atoms with van der Waals surface area (Å²) in [7, 11) is 0. The number of rotatable bonds is 4. The first kappa shape index (κ1) is 12.6. The third-order valence-electron chi connectivity index (χ3n) is 3.73. The second kappa shape index (κ2) is 6.77. The van der Waals surface area contributed by atoms with Crippen LogP contribution >= 0.6 is 0 Å². The van der Waals surface area contributed by atoms with Crippen molar-refractivity contribution in [1.82, 2.24) is 5.32 Å². The molecule has 1 atom stereocenters. The van der Waals surface area contributed by atoms with Crippen molar-refractivity contribution in [2.45, 2.75) is 50.6 Å². The van der Waals surface area contributed by atoms with Crippen molar-refractivity contribution in [3.05, 3.63) is 35.9 Å². The first-order valence-electron chi connectivity index (χ1n) is 6.91. The number of nitrogens with one attached hydrogen (secondary N) is 1. The first-order valence-corrected chi connectivity index (χ1v) is 6.91. The lowest BCUT2D eigenvalue weighted by atomic mass is 10.0. The maximum Gasteiger partial charge on any atom is 0.0446 e. The van der Waals surface area contributed by atoms with Crippen LogP contribution in [0.15, 0.2) is 30.3 Å². The van der Waals surface area contributed by atoms with Crippen molar-refractivity contribution < 1.29 is 0 Å². The molecule has 2 rings (SSSR count). The van der Waals surface area contributed by atoms with Crippen LogP contribution in [0, 0.1) is 0 Å². The van der Waals surface area contributed by atoms with Crippen LogP contribution in [0.1, 0.15) is 50.1 Å². The van der Waals surface area contributed by atoms with Gasteiger partial charge in [0.2, 0.25) is 0 Å². The molecule has 0 heterocycles. The van der Waals surface area contributed by atoms with E-state index in [4.69, 9.17) is 5.73 Å². The van der Waals surface area contributed by atoms with E-state index in [2.05, 4.69) is 35.6 Å². The average Bonchev–Trinajstić information content (AvgIpc) is 2.65. The lowest BCUT2D eigenvalue weighted by Crippen LogP contribution is -2.36. The minimum atomic E-state index is 0.319. The highest BCUT2D eigenvalue weighted by molar-refractivity contribution is 5.19. The van der Waals surface area contributed by atoms with E-state index in [-0.39, 0.29) is 0 Å². The smallest absolute Gasteiger partial charge is 0.0446 e. The maximum atomic E-state index is 5.90. The van der Waals surface area contributed by atoms with Gasteiger partial charge in [-0.3, -0.25) is 0 Å². The normalized spacial score (nSPS) is 19.8. The molecule has 0 amide bonds. The summed E-state index contributed by atoms with van der Waals surface area (Å²) in [5.74, 6) is 0. The van der Waals surface area contributed by atoms with E-state index in [0.717, 1.165) is 0 Å². The minimum absolute atomic E-state index is 0.319. The van der Waals surface area contributed by atoms with Crippen LogP contribution < -0.4 is 11.1 Å². The number of hydrogen-bond acceptors (Lipinski definition) is 2. The first-order chi connectivity index (χ1) is 8.40. The van der Waals surface area contributed by atoms with Gasteiger partial charge < -0.3 is 11.1 Å². The molecule has 1 aliphatic rings. The van der Waals surface area contributed by atoms with E-state index >= 15 is 0 Å². The van der Waals surface area contributed by atoms with Gasteiger partial charge in [-0.05, 0) is 18.4 Å². The molecule has 94 valence electrons. The third kappa shape index (κ3) is 3.83. The van der Waals surface area contributed by atoms with Crippen molar-refractivity contribution in [1.29, 1.82) is 0 Å². The Balaban J connectivity index is 1.94. The molecule has 1 aliphatic carbocycles. The van der Waals surface area contributed by atoms with Gasteiger partial charge >= 0.3 is 0 Å². The van der Waals surface area contributed by atoms with Crippen molar-refractivity contribution in [2.24, 2.45) is 5.73 Å². The van der Waals surface area contributed by atoms with E-state index in [0.29, 0.717) is 18.6 Å². The van der Waals surface area contributed by atoms with Crippen LogP contribution in [0.25, 0.3) is 0 Å². The van der Waals surface area contributed by atoms with Crippen molar-refractivity contribution in [3.8, 4) is 0 Å². The molecule has 1 aromatic rings. The maximum absolute atomic E-state index is 5.90. The second-order valence-corrected chi connectivity index (χ2v) is 5.05. The van der Waals surface area contributed by atoms with Gasteiger partial charge in [0.15, 0.2) is 0 Å². The average molecular weight is 232 g/mol. The molecule has 1 saturated carbocycles. The summed E-state index contributed by atoms with van der Waals surface area (Å²) >= 11 is 0. The molecular weight excluding hydrogens is 208 g/mol. The fourth-order valence-corrected chi connectivity index (χ4v) is 2.72. The molecule has 1 unspecified atom stereocenters. The van der Waals surface area contributed by atoms with Crippen LogP contribution in [-0.4, -0.2) is 12.6 Å². The Morgan fingerprint density at radius 3 is 2.29 bits per heavy atom. The van der Waals surface area contributed by atoms with Gasteiger partial charge in [-0.25, -0.2) is 0 Å². The number of benzene rings is 1. The zero-order valence-corrected chi connectivity index (χ0v) is 10.6. The topological polar surface area (TPSA) is 38.0 Å². The monoisotopic (exact) mass is 232 g/mol. The Hall–Kier alpha value is -0.860. The highest BCUT2D eigenvalue weighted by Crippen LogP contribution is 2.20. The highest BCUT2D eigenvalue weighted by atomic mass is 15.0. The molecule has 0 saturated heterocycles. The molecule has 0 aromatic heterocycles. The fraction of sp³-hybridized carbons (Fsp3) is 0.600. The second-order valence-electron chi connectivity index (χ2n) is 5.05. The summed E-state index contributed by atoms with van der Waals surface area (Å²) in [6.07, 6.45) is 8.15. The summed E-state index contributed by atoms with van der Waals surface area (Å²) in [6.45, 7) is 0.681. The van der Waals surface area contributed by atoms with Gasteiger partial charge in [-0.2, -0.15) is 0 Å². The Morgan fingerprint density at radius 1 is 1.06 bits per heavy atom. The Bertz CT molecular complexity index is 302. The van der Waals surface area contributed by atoms with Crippen LogP contribution in [0.4, 0.5) is 0 Å². The van der Waals surface area contributed by atoms with Crippen LogP contribution in [0.5, 0.6) is 0 Å². The van der Waals surface area contributed by atoms with E-state index in [1.54, 1.807) is 0 Å². The molecule has 0 spiro atoms. The van der Waals surface area contributed by atoms with Gasteiger partial charge in [-0.15, -0.1) is 0 Å². The van der Waals surface area contributed by atoms with E-state index in [1.807, 2.05) is 0 Å². The molecule has 1 fully saturated rings. The Morgan fingerprint density at radius 2 is 1.71 bits per heavy atom. The molecular formula is C15H24N2. The SMILES string of the molecule is NCC(NC1CCCCCC1)c1ccccc1. The Kier molecular flexibility index (Phi) is 5.02. The lowest BCUT2D eigenvalue weighted by Gasteiger charge is -2.24. The van der Waals surface area contributed by atoms with E-state index in [9.17, 15) is 0 Å². The largest absolute Gasteiger partial charge is 0.329 e. The third-order valence-corrected chi connectivity index (χ3v) is 3.73. The molecule has 0 aliphatic heterocycles. The molecule has 2 heteroatoms. The van der Waals surface area contributed by atoms with Gasteiger partial charge in [0.05, 0.1) is 0 Å². The highest BCUT2D eigenvalue weighted by Gasteiger charge is 2.16.